The third kappa shape index (κ3) is 2.75. The third-order valence-corrected chi connectivity index (χ3v) is 4.49. The van der Waals surface area contributed by atoms with Gasteiger partial charge < -0.3 is 0 Å². The lowest BCUT2D eigenvalue weighted by Gasteiger charge is -2.08. The zero-order valence-electron chi connectivity index (χ0n) is 11.0. The molecule has 0 bridgehead atoms. The van der Waals surface area contributed by atoms with Crippen molar-refractivity contribution >= 4 is 10.0 Å². The summed E-state index contributed by atoms with van der Waals surface area (Å²) in [4.78, 5) is 0.0210. The number of rotatable bonds is 4. The molecule has 0 radical (unpaired) electrons. The number of primary sulfonamides is 1. The molecule has 7 nitrogen and oxygen atoms in total. The van der Waals surface area contributed by atoms with Gasteiger partial charge in [0.05, 0.1) is 24.5 Å². The molecule has 0 atom stereocenters. The normalized spacial score (nSPS) is 16.9. The lowest BCUT2D eigenvalue weighted by Crippen LogP contribution is -2.11. The van der Waals surface area contributed by atoms with Gasteiger partial charge in [0.1, 0.15) is 4.90 Å². The van der Waals surface area contributed by atoms with Crippen molar-refractivity contribution < 1.29 is 8.42 Å². The zero-order chi connectivity index (χ0) is 14.2. The molecule has 0 spiro atoms. The van der Waals surface area contributed by atoms with Crippen LogP contribution in [-0.2, 0) is 16.6 Å². The van der Waals surface area contributed by atoms with Crippen LogP contribution in [0.4, 0.5) is 0 Å². The molecule has 3 rings (SSSR count). The Morgan fingerprint density at radius 2 is 2.10 bits per heavy atom. The van der Waals surface area contributed by atoms with Gasteiger partial charge in [0, 0.05) is 12.4 Å². The lowest BCUT2D eigenvalue weighted by molar-refractivity contribution is 0.460. The predicted octanol–water partition coefficient (Wildman–Crippen LogP) is 0.890. The first-order valence-electron chi connectivity index (χ1n) is 6.62. The summed E-state index contributed by atoms with van der Waals surface area (Å²) >= 11 is 0. The van der Waals surface area contributed by atoms with E-state index in [0.717, 1.165) is 5.69 Å². The number of sulfonamides is 1. The van der Waals surface area contributed by atoms with E-state index in [1.165, 1.54) is 42.8 Å². The molecule has 108 valence electrons. The van der Waals surface area contributed by atoms with E-state index in [2.05, 4.69) is 10.2 Å². The van der Waals surface area contributed by atoms with Gasteiger partial charge in [0.15, 0.2) is 0 Å². The van der Waals surface area contributed by atoms with Crippen LogP contribution in [0.5, 0.6) is 0 Å². The fourth-order valence-corrected chi connectivity index (χ4v) is 3.04. The van der Waals surface area contributed by atoms with Gasteiger partial charge >= 0.3 is 0 Å². The first-order chi connectivity index (χ1) is 9.52. The molecule has 0 unspecified atom stereocenters. The summed E-state index contributed by atoms with van der Waals surface area (Å²) in [5.74, 6) is 0. The zero-order valence-corrected chi connectivity index (χ0v) is 11.8. The van der Waals surface area contributed by atoms with E-state index < -0.39 is 10.0 Å². The highest BCUT2D eigenvalue weighted by atomic mass is 32.2. The van der Waals surface area contributed by atoms with Crippen molar-refractivity contribution in [2.24, 2.45) is 5.14 Å². The maximum absolute atomic E-state index is 11.2. The molecule has 0 amide bonds. The quantitative estimate of drug-likeness (QED) is 0.906. The van der Waals surface area contributed by atoms with Crippen molar-refractivity contribution in [2.45, 2.75) is 43.2 Å². The number of nitrogens with zero attached hydrogens (tertiary/aromatic N) is 4. The maximum Gasteiger partial charge on any atom is 0.241 e. The summed E-state index contributed by atoms with van der Waals surface area (Å²) < 4.78 is 25.9. The van der Waals surface area contributed by atoms with Crippen molar-refractivity contribution in [3.8, 4) is 0 Å². The molecular formula is C12H17N5O2S. The molecule has 0 aromatic carbocycles. The van der Waals surface area contributed by atoms with Gasteiger partial charge in [-0.25, -0.2) is 13.6 Å². The Bertz CT molecular complexity index is 697. The van der Waals surface area contributed by atoms with Crippen molar-refractivity contribution in [1.82, 2.24) is 19.6 Å². The van der Waals surface area contributed by atoms with Gasteiger partial charge in [-0.05, 0) is 18.9 Å². The minimum atomic E-state index is -3.69. The smallest absolute Gasteiger partial charge is 0.241 e. The standard InChI is InChI=1S/C12H17N5O2S/c13-20(18,19)12-7-14-16(9-12)8-10-5-6-17(15-10)11-3-1-2-4-11/h5-7,9,11H,1-4,8H2,(H2,13,18,19). The van der Waals surface area contributed by atoms with E-state index in [1.807, 2.05) is 16.9 Å². The largest absolute Gasteiger partial charge is 0.269 e. The Hall–Kier alpha value is -1.67. The Balaban J connectivity index is 1.73. The maximum atomic E-state index is 11.2. The molecule has 1 fully saturated rings. The van der Waals surface area contributed by atoms with Crippen LogP contribution < -0.4 is 5.14 Å². The first kappa shape index (κ1) is 13.3. The highest BCUT2D eigenvalue weighted by molar-refractivity contribution is 7.89. The highest BCUT2D eigenvalue weighted by Gasteiger charge is 2.17. The van der Waals surface area contributed by atoms with E-state index in [0.29, 0.717) is 12.6 Å². The molecule has 2 heterocycles. The summed E-state index contributed by atoms with van der Waals surface area (Å²) in [6, 6.07) is 2.44. The van der Waals surface area contributed by atoms with Crippen molar-refractivity contribution in [3.05, 3.63) is 30.4 Å². The second kappa shape index (κ2) is 5.02. The molecule has 0 aliphatic heterocycles. The van der Waals surface area contributed by atoms with Gasteiger partial charge in [-0.2, -0.15) is 10.2 Å². The SMILES string of the molecule is NS(=O)(=O)c1cnn(Cc2ccn(C3CCCC3)n2)c1. The lowest BCUT2D eigenvalue weighted by atomic mass is 10.3. The Kier molecular flexibility index (Phi) is 3.35. The summed E-state index contributed by atoms with van der Waals surface area (Å²) in [7, 11) is -3.69. The summed E-state index contributed by atoms with van der Waals surface area (Å²) in [5, 5.41) is 13.6. The minimum Gasteiger partial charge on any atom is -0.269 e. The van der Waals surface area contributed by atoms with E-state index in [4.69, 9.17) is 5.14 Å². The average Bonchev–Trinajstić information content (AvgIpc) is 3.08. The van der Waals surface area contributed by atoms with Gasteiger partial charge in [0.25, 0.3) is 0 Å². The molecule has 1 saturated carbocycles. The molecular weight excluding hydrogens is 278 g/mol. The van der Waals surface area contributed by atoms with Crippen molar-refractivity contribution in [1.29, 1.82) is 0 Å². The van der Waals surface area contributed by atoms with Gasteiger partial charge in [-0.1, -0.05) is 12.8 Å². The minimum absolute atomic E-state index is 0.0210. The number of hydrogen-bond donors (Lipinski definition) is 1. The first-order valence-corrected chi connectivity index (χ1v) is 8.16. The monoisotopic (exact) mass is 295 g/mol. The predicted molar refractivity (Wildman–Crippen MR) is 72.4 cm³/mol. The third-order valence-electron chi connectivity index (χ3n) is 3.62. The Morgan fingerprint density at radius 1 is 1.35 bits per heavy atom. The molecule has 1 aliphatic carbocycles. The Morgan fingerprint density at radius 3 is 2.75 bits per heavy atom. The highest BCUT2D eigenvalue weighted by Crippen LogP contribution is 2.28. The van der Waals surface area contributed by atoms with Crippen molar-refractivity contribution in [3.63, 3.8) is 0 Å². The molecule has 8 heteroatoms. The van der Waals surface area contributed by atoms with Gasteiger partial charge in [-0.15, -0.1) is 0 Å². The summed E-state index contributed by atoms with van der Waals surface area (Å²) in [6.07, 6.45) is 9.53. The molecule has 20 heavy (non-hydrogen) atoms. The molecule has 2 aromatic rings. The van der Waals surface area contributed by atoms with Gasteiger partial charge in [-0.3, -0.25) is 9.36 Å². The van der Waals surface area contributed by atoms with E-state index in [-0.39, 0.29) is 4.90 Å². The van der Waals surface area contributed by atoms with E-state index in [9.17, 15) is 8.42 Å². The van der Waals surface area contributed by atoms with E-state index in [1.54, 1.807) is 0 Å². The molecule has 2 N–H and O–H groups in total. The molecule has 1 aliphatic rings. The van der Waals surface area contributed by atoms with Crippen LogP contribution in [0.15, 0.2) is 29.6 Å². The second-order valence-electron chi connectivity index (χ2n) is 5.14. The van der Waals surface area contributed by atoms with Crippen LogP contribution >= 0.6 is 0 Å². The van der Waals surface area contributed by atoms with Crippen LogP contribution in [0.3, 0.4) is 0 Å². The van der Waals surface area contributed by atoms with Crippen LogP contribution in [0.1, 0.15) is 37.4 Å². The number of aromatic nitrogens is 4. The van der Waals surface area contributed by atoms with Crippen LogP contribution in [-0.4, -0.2) is 28.0 Å². The van der Waals surface area contributed by atoms with Gasteiger partial charge in [0.2, 0.25) is 10.0 Å². The van der Waals surface area contributed by atoms with Crippen molar-refractivity contribution in [2.75, 3.05) is 0 Å². The fraction of sp³-hybridized carbons (Fsp3) is 0.500. The number of hydrogen-bond acceptors (Lipinski definition) is 4. The van der Waals surface area contributed by atoms with Crippen LogP contribution in [0.2, 0.25) is 0 Å². The average molecular weight is 295 g/mol. The van der Waals surface area contributed by atoms with Crippen LogP contribution in [0.25, 0.3) is 0 Å². The Labute approximate surface area is 117 Å². The summed E-state index contributed by atoms with van der Waals surface area (Å²) in [6.45, 7) is 0.440. The molecule has 0 saturated heterocycles. The van der Waals surface area contributed by atoms with Crippen LogP contribution in [0, 0.1) is 0 Å². The topological polar surface area (TPSA) is 95.8 Å². The second-order valence-corrected chi connectivity index (χ2v) is 6.71. The van der Waals surface area contributed by atoms with E-state index >= 15 is 0 Å². The summed E-state index contributed by atoms with van der Waals surface area (Å²) in [5.41, 5.74) is 0.862. The molecule has 2 aromatic heterocycles. The fourth-order valence-electron chi connectivity index (χ4n) is 2.58. The number of nitrogens with two attached hydrogens (primary N) is 1.